The second-order valence-electron chi connectivity index (χ2n) is 5.84. The molecule has 2 nitrogen and oxygen atoms in total. The lowest BCUT2D eigenvalue weighted by Gasteiger charge is -2.34. The van der Waals surface area contributed by atoms with Crippen molar-refractivity contribution < 1.29 is 4.43 Å². The number of hydrogen-bond donors (Lipinski definition) is 0. The lowest BCUT2D eigenvalue weighted by molar-refractivity contribution is 0.0957. The van der Waals surface area contributed by atoms with Crippen molar-refractivity contribution >= 4 is 8.32 Å². The maximum absolute atomic E-state index is 8.55. The Morgan fingerprint density at radius 1 is 1.12 bits per heavy atom. The van der Waals surface area contributed by atoms with Crippen LogP contribution < -0.4 is 0 Å². The van der Waals surface area contributed by atoms with Crippen molar-refractivity contribution in [1.82, 2.24) is 0 Å². The lowest BCUT2D eigenvalue weighted by atomic mass is 9.97. The number of nitrogens with zero attached hydrogens (tertiary/aromatic N) is 1. The summed E-state index contributed by atoms with van der Waals surface area (Å²) in [5.41, 5.74) is 0. The van der Waals surface area contributed by atoms with Gasteiger partial charge >= 0.3 is 0 Å². The molecule has 0 rings (SSSR count). The fraction of sp³-hybridized carbons (Fsp3) is 0.923. The Morgan fingerprint density at radius 2 is 1.62 bits per heavy atom. The normalized spacial score (nSPS) is 12.5. The molecule has 0 heterocycles. The third kappa shape index (κ3) is 6.29. The van der Waals surface area contributed by atoms with E-state index in [9.17, 15) is 0 Å². The smallest absolute Gasteiger partial charge is 0.187 e. The van der Waals surface area contributed by atoms with E-state index in [4.69, 9.17) is 9.69 Å². The first kappa shape index (κ1) is 15.7. The van der Waals surface area contributed by atoms with Gasteiger partial charge in [-0.3, -0.25) is 0 Å². The van der Waals surface area contributed by atoms with Crippen LogP contribution in [0.1, 0.15) is 40.5 Å². The molecule has 3 heteroatoms. The van der Waals surface area contributed by atoms with Crippen LogP contribution in [0.15, 0.2) is 0 Å². The highest BCUT2D eigenvalue weighted by molar-refractivity contribution is 6.71. The first-order valence-electron chi connectivity index (χ1n) is 6.35. The van der Waals surface area contributed by atoms with Crippen molar-refractivity contribution in [1.29, 1.82) is 5.26 Å². The summed E-state index contributed by atoms with van der Waals surface area (Å²) in [5.74, 6) is 1.14. The average molecular weight is 241 g/mol. The van der Waals surface area contributed by atoms with Crippen LogP contribution >= 0.6 is 0 Å². The Morgan fingerprint density at radius 3 is 2.00 bits per heavy atom. The molecule has 0 spiro atoms. The quantitative estimate of drug-likeness (QED) is 0.494. The molecule has 0 aromatic heterocycles. The van der Waals surface area contributed by atoms with Gasteiger partial charge in [-0.15, -0.1) is 0 Å². The van der Waals surface area contributed by atoms with Gasteiger partial charge in [0, 0.05) is 12.5 Å². The standard InChI is InChI=1S/C13H27NOSi/c1-11(2)13(12(3)4)15-16(5,6)10-8-7-9-14/h11-13H,7-8,10H2,1-6H3. The van der Waals surface area contributed by atoms with Crippen molar-refractivity contribution in [3.63, 3.8) is 0 Å². The molecule has 0 aliphatic carbocycles. The third-order valence-corrected chi connectivity index (χ3v) is 5.30. The van der Waals surface area contributed by atoms with E-state index in [1.165, 1.54) is 0 Å². The van der Waals surface area contributed by atoms with Gasteiger partial charge in [-0.25, -0.2) is 0 Å². The molecule has 0 bridgehead atoms. The Kier molecular flexibility index (Phi) is 6.94. The van der Waals surface area contributed by atoms with Gasteiger partial charge < -0.3 is 4.43 Å². The monoisotopic (exact) mass is 241 g/mol. The topological polar surface area (TPSA) is 33.0 Å². The maximum Gasteiger partial charge on any atom is 0.187 e. The minimum absolute atomic E-state index is 0.365. The van der Waals surface area contributed by atoms with Crippen molar-refractivity contribution in [2.75, 3.05) is 0 Å². The largest absolute Gasteiger partial charge is 0.414 e. The van der Waals surface area contributed by atoms with Crippen LogP contribution in [-0.2, 0) is 4.43 Å². The Hall–Kier alpha value is -0.333. The van der Waals surface area contributed by atoms with Crippen molar-refractivity contribution in [3.8, 4) is 6.07 Å². The second kappa shape index (κ2) is 7.08. The summed E-state index contributed by atoms with van der Waals surface area (Å²) < 4.78 is 6.34. The van der Waals surface area contributed by atoms with Gasteiger partial charge in [0.2, 0.25) is 0 Å². The molecule has 0 aliphatic heterocycles. The van der Waals surface area contributed by atoms with Gasteiger partial charge in [-0.2, -0.15) is 5.26 Å². The molecule has 0 fully saturated rings. The van der Waals surface area contributed by atoms with Crippen LogP contribution in [0.2, 0.25) is 19.1 Å². The van der Waals surface area contributed by atoms with Crippen molar-refractivity contribution in [3.05, 3.63) is 0 Å². The third-order valence-electron chi connectivity index (χ3n) is 2.84. The van der Waals surface area contributed by atoms with Crippen LogP contribution in [0, 0.1) is 23.2 Å². The zero-order chi connectivity index (χ0) is 12.8. The van der Waals surface area contributed by atoms with E-state index in [0.29, 0.717) is 24.4 Å². The van der Waals surface area contributed by atoms with E-state index in [1.54, 1.807) is 0 Å². The Bertz CT molecular complexity index is 223. The fourth-order valence-corrected chi connectivity index (χ4v) is 4.49. The molecule has 0 aliphatic rings. The first-order valence-corrected chi connectivity index (χ1v) is 9.46. The number of hydrogen-bond acceptors (Lipinski definition) is 2. The van der Waals surface area contributed by atoms with E-state index >= 15 is 0 Å². The van der Waals surface area contributed by atoms with Gasteiger partial charge in [0.05, 0.1) is 6.07 Å². The maximum atomic E-state index is 8.55. The Labute approximate surface area is 102 Å². The molecule has 16 heavy (non-hydrogen) atoms. The second-order valence-corrected chi connectivity index (χ2v) is 10.1. The number of unbranched alkanes of at least 4 members (excludes halogenated alkanes) is 1. The molecule has 0 unspecified atom stereocenters. The zero-order valence-corrected chi connectivity index (χ0v) is 12.7. The van der Waals surface area contributed by atoms with Crippen LogP contribution in [0.4, 0.5) is 0 Å². The average Bonchev–Trinajstić information content (AvgIpc) is 2.13. The summed E-state index contributed by atoms with van der Waals surface area (Å²) >= 11 is 0. The first-order chi connectivity index (χ1) is 7.30. The van der Waals surface area contributed by atoms with Crippen LogP contribution in [-0.4, -0.2) is 14.4 Å². The molecule has 0 aromatic carbocycles. The summed E-state index contributed by atoms with van der Waals surface area (Å²) in [4.78, 5) is 0. The highest BCUT2D eigenvalue weighted by atomic mass is 28.4. The summed E-state index contributed by atoms with van der Waals surface area (Å²) in [6.07, 6.45) is 2.01. The lowest BCUT2D eigenvalue weighted by Crippen LogP contribution is -2.40. The molecular weight excluding hydrogens is 214 g/mol. The van der Waals surface area contributed by atoms with E-state index in [-0.39, 0.29) is 0 Å². The van der Waals surface area contributed by atoms with Crippen molar-refractivity contribution in [2.24, 2.45) is 11.8 Å². The molecule has 94 valence electrons. The Balaban J connectivity index is 4.25. The van der Waals surface area contributed by atoms with Gasteiger partial charge in [-0.1, -0.05) is 27.7 Å². The summed E-state index contributed by atoms with van der Waals surface area (Å²) in [6.45, 7) is 13.4. The van der Waals surface area contributed by atoms with Crippen LogP contribution in [0.3, 0.4) is 0 Å². The summed E-state index contributed by atoms with van der Waals surface area (Å²) in [7, 11) is -1.58. The predicted octanol–water partition coefficient (Wildman–Crippen LogP) is 4.19. The molecule has 0 radical (unpaired) electrons. The van der Waals surface area contributed by atoms with Gasteiger partial charge in [0.25, 0.3) is 0 Å². The van der Waals surface area contributed by atoms with Crippen LogP contribution in [0.25, 0.3) is 0 Å². The molecule has 0 saturated heterocycles. The van der Waals surface area contributed by atoms with Crippen LogP contribution in [0.5, 0.6) is 0 Å². The minimum atomic E-state index is -1.58. The SMILES string of the molecule is CC(C)C(O[Si](C)(C)CCCC#N)C(C)C. The molecule has 0 aromatic rings. The number of rotatable bonds is 7. The van der Waals surface area contributed by atoms with Gasteiger partial charge in [0.15, 0.2) is 8.32 Å². The summed E-state index contributed by atoms with van der Waals surface area (Å²) in [6, 6.07) is 3.30. The minimum Gasteiger partial charge on any atom is -0.414 e. The van der Waals surface area contributed by atoms with E-state index in [2.05, 4.69) is 46.9 Å². The molecular formula is C13H27NOSi. The predicted molar refractivity (Wildman–Crippen MR) is 71.7 cm³/mol. The molecule has 0 atom stereocenters. The van der Waals surface area contributed by atoms with Gasteiger partial charge in [-0.05, 0) is 37.4 Å². The molecule has 0 saturated carbocycles. The highest BCUT2D eigenvalue weighted by Gasteiger charge is 2.29. The molecule has 0 amide bonds. The summed E-state index contributed by atoms with van der Waals surface area (Å²) in [5, 5.41) is 8.55. The highest BCUT2D eigenvalue weighted by Crippen LogP contribution is 2.24. The van der Waals surface area contributed by atoms with Crippen molar-refractivity contribution in [2.45, 2.75) is 65.8 Å². The van der Waals surface area contributed by atoms with E-state index in [1.807, 2.05) is 0 Å². The van der Waals surface area contributed by atoms with E-state index < -0.39 is 8.32 Å². The van der Waals surface area contributed by atoms with E-state index in [0.717, 1.165) is 12.5 Å². The fourth-order valence-electron chi connectivity index (χ4n) is 2.06. The molecule has 0 N–H and O–H groups in total. The zero-order valence-electron chi connectivity index (χ0n) is 11.7. The number of nitriles is 1. The van der Waals surface area contributed by atoms with Gasteiger partial charge in [0.1, 0.15) is 0 Å².